The van der Waals surface area contributed by atoms with Crippen molar-refractivity contribution in [3.05, 3.63) is 29.3 Å². The van der Waals surface area contributed by atoms with Crippen LogP contribution in [0.3, 0.4) is 0 Å². The Morgan fingerprint density at radius 3 is 2.00 bits per heavy atom. The van der Waals surface area contributed by atoms with Crippen molar-refractivity contribution in [1.82, 2.24) is 9.80 Å². The largest absolute Gasteiger partial charge is 0.326 e. The summed E-state index contributed by atoms with van der Waals surface area (Å²) >= 11 is 0. The molecular formula is C21H35N3O. The third-order valence-corrected chi connectivity index (χ3v) is 5.20. The average Bonchev–Trinajstić information content (AvgIpc) is 2.60. The fraction of sp³-hybridized carbons (Fsp3) is 0.667. The summed E-state index contributed by atoms with van der Waals surface area (Å²) in [5.41, 5.74) is 3.50. The van der Waals surface area contributed by atoms with E-state index < -0.39 is 0 Å². The summed E-state index contributed by atoms with van der Waals surface area (Å²) < 4.78 is 0. The number of anilines is 1. The van der Waals surface area contributed by atoms with E-state index in [2.05, 4.69) is 67.9 Å². The van der Waals surface area contributed by atoms with Gasteiger partial charge in [-0.1, -0.05) is 52.8 Å². The number of carbonyl (C=O) groups excluding carboxylic acids is 1. The van der Waals surface area contributed by atoms with Gasteiger partial charge in [-0.2, -0.15) is 0 Å². The van der Waals surface area contributed by atoms with Crippen molar-refractivity contribution in [2.45, 2.75) is 52.9 Å². The van der Waals surface area contributed by atoms with E-state index in [1.165, 1.54) is 11.1 Å². The van der Waals surface area contributed by atoms with Crippen molar-refractivity contribution in [3.63, 3.8) is 0 Å². The molecule has 1 aromatic rings. The van der Waals surface area contributed by atoms with Gasteiger partial charge < -0.3 is 15.1 Å². The molecule has 0 saturated carbocycles. The second kappa shape index (κ2) is 9.35. The Hall–Kier alpha value is -1.39. The van der Waals surface area contributed by atoms with Gasteiger partial charge in [-0.05, 0) is 29.5 Å². The number of amides is 1. The zero-order chi connectivity index (χ0) is 18.4. The molecule has 140 valence electrons. The van der Waals surface area contributed by atoms with Crippen LogP contribution < -0.4 is 5.32 Å². The number of piperazine rings is 1. The average molecular weight is 346 g/mol. The number of nitrogens with one attached hydrogen (secondary N) is 1. The molecule has 0 spiro atoms. The Kier molecular flexibility index (Phi) is 7.45. The van der Waals surface area contributed by atoms with E-state index in [0.717, 1.165) is 45.0 Å². The molecule has 1 heterocycles. The molecule has 1 aliphatic rings. The third-order valence-electron chi connectivity index (χ3n) is 5.20. The number of benzene rings is 1. The molecule has 0 aromatic heterocycles. The van der Waals surface area contributed by atoms with Gasteiger partial charge in [0.05, 0.1) is 0 Å². The van der Waals surface area contributed by atoms with Crippen molar-refractivity contribution in [2.24, 2.45) is 0 Å². The molecule has 25 heavy (non-hydrogen) atoms. The molecule has 1 aromatic carbocycles. The van der Waals surface area contributed by atoms with Crippen molar-refractivity contribution >= 4 is 11.6 Å². The first-order chi connectivity index (χ1) is 11.9. The van der Waals surface area contributed by atoms with E-state index in [4.69, 9.17) is 0 Å². The second-order valence-electron chi connectivity index (χ2n) is 7.69. The summed E-state index contributed by atoms with van der Waals surface area (Å²) in [7, 11) is 0. The highest BCUT2D eigenvalue weighted by atomic mass is 16.1. The predicted octanol–water partition coefficient (Wildman–Crippen LogP) is 3.90. The number of rotatable bonds is 7. The molecule has 2 rings (SSSR count). The highest BCUT2D eigenvalue weighted by molar-refractivity contribution is 5.92. The molecule has 0 atom stereocenters. The van der Waals surface area contributed by atoms with E-state index >= 15 is 0 Å². The Morgan fingerprint density at radius 2 is 1.52 bits per heavy atom. The number of para-hydroxylation sites is 1. The van der Waals surface area contributed by atoms with E-state index in [1.807, 2.05) is 0 Å². The molecular weight excluding hydrogens is 310 g/mol. The third kappa shape index (κ3) is 5.55. The Labute approximate surface area is 153 Å². The van der Waals surface area contributed by atoms with Gasteiger partial charge in [-0.3, -0.25) is 4.79 Å². The first-order valence-corrected chi connectivity index (χ1v) is 9.79. The summed E-state index contributed by atoms with van der Waals surface area (Å²) in [6.45, 7) is 17.3. The highest BCUT2D eigenvalue weighted by Gasteiger charge is 2.18. The number of hydrogen-bond acceptors (Lipinski definition) is 3. The van der Waals surface area contributed by atoms with Gasteiger partial charge in [0.25, 0.3) is 0 Å². The monoisotopic (exact) mass is 345 g/mol. The summed E-state index contributed by atoms with van der Waals surface area (Å²) in [4.78, 5) is 17.4. The molecule has 1 amide bonds. The van der Waals surface area contributed by atoms with Crippen molar-refractivity contribution in [3.8, 4) is 0 Å². The lowest BCUT2D eigenvalue weighted by molar-refractivity contribution is -0.116. The Morgan fingerprint density at radius 1 is 1.00 bits per heavy atom. The van der Waals surface area contributed by atoms with Crippen LogP contribution in [0.4, 0.5) is 5.69 Å². The molecule has 0 radical (unpaired) electrons. The van der Waals surface area contributed by atoms with E-state index in [9.17, 15) is 4.79 Å². The summed E-state index contributed by atoms with van der Waals surface area (Å²) in [6.07, 6.45) is 0.566. The topological polar surface area (TPSA) is 35.6 Å². The van der Waals surface area contributed by atoms with Crippen LogP contribution in [0.15, 0.2) is 18.2 Å². The minimum Gasteiger partial charge on any atom is -0.326 e. The number of hydrogen-bond donors (Lipinski definition) is 1. The van der Waals surface area contributed by atoms with E-state index in [1.54, 1.807) is 0 Å². The number of nitrogens with zero attached hydrogens (tertiary/aromatic N) is 2. The quantitative estimate of drug-likeness (QED) is 0.814. The first kappa shape index (κ1) is 19.9. The van der Waals surface area contributed by atoms with Crippen LogP contribution >= 0.6 is 0 Å². The number of carbonyl (C=O) groups is 1. The SMILES string of the molecule is CCN1CCN(CCC(=O)Nc2c(C(C)C)cccc2C(C)C)CC1. The molecule has 4 nitrogen and oxygen atoms in total. The zero-order valence-electron chi connectivity index (χ0n) is 16.6. The van der Waals surface area contributed by atoms with Crippen LogP contribution in [0.1, 0.15) is 64.0 Å². The molecule has 0 unspecified atom stereocenters. The minimum atomic E-state index is 0.132. The van der Waals surface area contributed by atoms with Crippen molar-refractivity contribution in [1.29, 1.82) is 0 Å². The van der Waals surface area contributed by atoms with Crippen LogP contribution in [-0.2, 0) is 4.79 Å². The fourth-order valence-electron chi connectivity index (χ4n) is 3.49. The zero-order valence-corrected chi connectivity index (χ0v) is 16.6. The Balaban J connectivity index is 1.96. The van der Waals surface area contributed by atoms with Crippen LogP contribution in [0.2, 0.25) is 0 Å². The molecule has 1 aliphatic heterocycles. The lowest BCUT2D eigenvalue weighted by Crippen LogP contribution is -2.46. The molecule has 0 aliphatic carbocycles. The van der Waals surface area contributed by atoms with Gasteiger partial charge in [-0.25, -0.2) is 0 Å². The smallest absolute Gasteiger partial charge is 0.225 e. The van der Waals surface area contributed by atoms with Crippen molar-refractivity contribution < 1.29 is 4.79 Å². The summed E-state index contributed by atoms with van der Waals surface area (Å²) in [6, 6.07) is 6.37. The maximum Gasteiger partial charge on any atom is 0.225 e. The molecule has 1 fully saturated rings. The highest BCUT2D eigenvalue weighted by Crippen LogP contribution is 2.32. The van der Waals surface area contributed by atoms with Gasteiger partial charge in [0, 0.05) is 44.8 Å². The van der Waals surface area contributed by atoms with Crippen LogP contribution in [0.5, 0.6) is 0 Å². The second-order valence-corrected chi connectivity index (χ2v) is 7.69. The normalized spacial score (nSPS) is 16.6. The Bertz CT molecular complexity index is 534. The van der Waals surface area contributed by atoms with Crippen LogP contribution in [-0.4, -0.2) is 55.0 Å². The lowest BCUT2D eigenvalue weighted by Gasteiger charge is -2.33. The maximum atomic E-state index is 12.6. The van der Waals surface area contributed by atoms with Gasteiger partial charge in [0.2, 0.25) is 5.91 Å². The van der Waals surface area contributed by atoms with E-state index in [0.29, 0.717) is 18.3 Å². The van der Waals surface area contributed by atoms with Gasteiger partial charge in [-0.15, -0.1) is 0 Å². The maximum absolute atomic E-state index is 12.6. The first-order valence-electron chi connectivity index (χ1n) is 9.79. The molecule has 1 saturated heterocycles. The molecule has 0 bridgehead atoms. The molecule has 4 heteroatoms. The summed E-state index contributed by atoms with van der Waals surface area (Å²) in [5, 5.41) is 3.23. The fourth-order valence-corrected chi connectivity index (χ4v) is 3.49. The molecule has 1 N–H and O–H groups in total. The van der Waals surface area contributed by atoms with E-state index in [-0.39, 0.29) is 5.91 Å². The predicted molar refractivity (Wildman–Crippen MR) is 106 cm³/mol. The van der Waals surface area contributed by atoms with Gasteiger partial charge in [0.1, 0.15) is 0 Å². The number of likely N-dealkylation sites (N-methyl/N-ethyl adjacent to an activating group) is 1. The minimum absolute atomic E-state index is 0.132. The van der Waals surface area contributed by atoms with Gasteiger partial charge in [0.15, 0.2) is 0 Å². The van der Waals surface area contributed by atoms with Gasteiger partial charge >= 0.3 is 0 Å². The summed E-state index contributed by atoms with van der Waals surface area (Å²) in [5.74, 6) is 0.931. The lowest BCUT2D eigenvalue weighted by atomic mass is 9.92. The van der Waals surface area contributed by atoms with Crippen LogP contribution in [0.25, 0.3) is 0 Å². The standard InChI is InChI=1S/C21H35N3O/c1-6-23-12-14-24(15-13-23)11-10-20(25)22-21-18(16(2)3)8-7-9-19(21)17(4)5/h7-9,16-17H,6,10-15H2,1-5H3,(H,22,25). The van der Waals surface area contributed by atoms with Crippen LogP contribution in [0, 0.1) is 0 Å². The van der Waals surface area contributed by atoms with Crippen molar-refractivity contribution in [2.75, 3.05) is 44.6 Å².